The van der Waals surface area contributed by atoms with Crippen molar-refractivity contribution in [1.82, 2.24) is 0 Å². The minimum absolute atomic E-state index is 0.124. The van der Waals surface area contributed by atoms with Gasteiger partial charge in [0, 0.05) is 5.41 Å². The Morgan fingerprint density at radius 1 is 0.706 bits per heavy atom. The zero-order chi connectivity index (χ0) is 24.2. The summed E-state index contributed by atoms with van der Waals surface area (Å²) in [6, 6.07) is 17.7. The Labute approximate surface area is 204 Å². The van der Waals surface area contributed by atoms with Crippen molar-refractivity contribution in [2.45, 2.75) is 72.0 Å². The number of fused-ring (bicyclic) bond motifs is 4. The van der Waals surface area contributed by atoms with Crippen LogP contribution in [0.25, 0.3) is 0 Å². The predicted molar refractivity (Wildman–Crippen MR) is 141 cm³/mol. The highest BCUT2D eigenvalue weighted by molar-refractivity contribution is 6.98. The molecule has 3 heterocycles. The van der Waals surface area contributed by atoms with E-state index in [1.807, 2.05) is 0 Å². The first-order chi connectivity index (χ1) is 15.9. The number of benzene rings is 3. The van der Waals surface area contributed by atoms with E-state index in [0.29, 0.717) is 0 Å². The van der Waals surface area contributed by atoms with E-state index in [1.54, 1.807) is 0 Å². The van der Waals surface area contributed by atoms with E-state index in [-0.39, 0.29) is 30.4 Å². The smallest absolute Gasteiger partial charge is 0.458 e. The Balaban J connectivity index is 1.60. The second-order valence-corrected chi connectivity index (χ2v) is 11.8. The molecule has 0 aliphatic carbocycles. The maximum absolute atomic E-state index is 6.48. The molecule has 0 bridgehead atoms. The number of ether oxygens (including phenoxy) is 1. The van der Waals surface area contributed by atoms with Crippen LogP contribution in [0.15, 0.2) is 48.5 Å². The van der Waals surface area contributed by atoms with Gasteiger partial charge in [-0.2, -0.15) is 0 Å². The fraction of sp³-hybridized carbons (Fsp3) is 0.379. The van der Waals surface area contributed by atoms with Crippen LogP contribution in [0.2, 0.25) is 0 Å². The molecule has 0 N–H and O–H groups in total. The van der Waals surface area contributed by atoms with E-state index in [9.17, 15) is 0 Å². The first kappa shape index (κ1) is 22.0. The molecule has 172 valence electrons. The molecular formula is C29H32B2O3. The van der Waals surface area contributed by atoms with E-state index in [4.69, 9.17) is 14.0 Å². The molecule has 0 aromatic heterocycles. The van der Waals surface area contributed by atoms with E-state index in [2.05, 4.69) is 104 Å². The molecule has 3 aromatic rings. The van der Waals surface area contributed by atoms with Crippen molar-refractivity contribution in [2.75, 3.05) is 0 Å². The summed E-state index contributed by atoms with van der Waals surface area (Å²) in [4.78, 5) is 0. The molecule has 5 heteroatoms. The lowest BCUT2D eigenvalue weighted by Gasteiger charge is -2.42. The zero-order valence-electron chi connectivity index (χ0n) is 21.5. The first-order valence-electron chi connectivity index (χ1n) is 12.3. The zero-order valence-corrected chi connectivity index (χ0v) is 21.5. The summed E-state index contributed by atoms with van der Waals surface area (Å²) in [5.74, 6) is 1.92. The van der Waals surface area contributed by atoms with Crippen LogP contribution in [0.4, 0.5) is 0 Å². The standard InChI is InChI=1S/C29H32B2O3/c1-17-9-13-23-22(15-17)30-21-16-19(31-33-28(5,6)29(7,8)34-31)11-12-20(21)27(3,4)25-18(2)10-14-24(32-23)26(25)30/h9-16H,1-8H3. The lowest BCUT2D eigenvalue weighted by atomic mass is 9.30. The molecule has 0 saturated carbocycles. The van der Waals surface area contributed by atoms with Gasteiger partial charge in [0.15, 0.2) is 0 Å². The van der Waals surface area contributed by atoms with Gasteiger partial charge in [0.25, 0.3) is 6.71 Å². The third kappa shape index (κ3) is 2.86. The van der Waals surface area contributed by atoms with Gasteiger partial charge in [0.1, 0.15) is 11.5 Å². The normalized spacial score (nSPS) is 20.4. The van der Waals surface area contributed by atoms with Crippen molar-refractivity contribution >= 4 is 35.7 Å². The average Bonchev–Trinajstić information content (AvgIpc) is 2.98. The van der Waals surface area contributed by atoms with E-state index in [0.717, 1.165) is 17.0 Å². The Morgan fingerprint density at radius 3 is 2.09 bits per heavy atom. The summed E-state index contributed by atoms with van der Waals surface area (Å²) in [6.07, 6.45) is 0. The molecule has 34 heavy (non-hydrogen) atoms. The van der Waals surface area contributed by atoms with Crippen LogP contribution >= 0.6 is 0 Å². The minimum Gasteiger partial charge on any atom is -0.458 e. The monoisotopic (exact) mass is 450 g/mol. The Hall–Kier alpha value is -2.49. The second kappa shape index (κ2) is 6.80. The second-order valence-electron chi connectivity index (χ2n) is 11.8. The fourth-order valence-electron chi connectivity index (χ4n) is 6.15. The molecule has 1 fully saturated rings. The van der Waals surface area contributed by atoms with Crippen molar-refractivity contribution in [3.63, 3.8) is 0 Å². The number of rotatable bonds is 1. The van der Waals surface area contributed by atoms with Crippen LogP contribution in [-0.4, -0.2) is 25.0 Å². The summed E-state index contributed by atoms with van der Waals surface area (Å²) in [5, 5.41) is 0. The van der Waals surface area contributed by atoms with Crippen LogP contribution in [0.5, 0.6) is 11.5 Å². The number of aryl methyl sites for hydroxylation is 2. The van der Waals surface area contributed by atoms with Crippen LogP contribution in [0, 0.1) is 13.8 Å². The largest absolute Gasteiger partial charge is 0.494 e. The Bertz CT molecular complexity index is 1340. The topological polar surface area (TPSA) is 27.7 Å². The summed E-state index contributed by atoms with van der Waals surface area (Å²) in [6.45, 7) is 17.6. The molecule has 0 unspecified atom stereocenters. The fourth-order valence-corrected chi connectivity index (χ4v) is 6.15. The Kier molecular flexibility index (Phi) is 4.40. The van der Waals surface area contributed by atoms with Crippen molar-refractivity contribution in [2.24, 2.45) is 0 Å². The van der Waals surface area contributed by atoms with Crippen LogP contribution < -0.4 is 26.6 Å². The molecule has 3 nitrogen and oxygen atoms in total. The minimum atomic E-state index is -0.381. The molecule has 0 atom stereocenters. The summed E-state index contributed by atoms with van der Waals surface area (Å²) >= 11 is 0. The highest BCUT2D eigenvalue weighted by atomic mass is 16.7. The lowest BCUT2D eigenvalue weighted by molar-refractivity contribution is 0.00578. The van der Waals surface area contributed by atoms with Gasteiger partial charge >= 0.3 is 7.12 Å². The van der Waals surface area contributed by atoms with E-state index >= 15 is 0 Å². The van der Waals surface area contributed by atoms with E-state index < -0.39 is 0 Å². The molecule has 0 spiro atoms. The van der Waals surface area contributed by atoms with Gasteiger partial charge in [-0.1, -0.05) is 61.3 Å². The highest BCUT2D eigenvalue weighted by Crippen LogP contribution is 2.40. The molecule has 6 rings (SSSR count). The summed E-state index contributed by atoms with van der Waals surface area (Å²) < 4.78 is 19.3. The molecule has 0 radical (unpaired) electrons. The van der Waals surface area contributed by atoms with Crippen molar-refractivity contribution in [3.8, 4) is 11.5 Å². The summed E-state index contributed by atoms with van der Waals surface area (Å²) in [7, 11) is -0.381. The Morgan fingerprint density at radius 2 is 1.38 bits per heavy atom. The van der Waals surface area contributed by atoms with Crippen LogP contribution in [0.3, 0.4) is 0 Å². The van der Waals surface area contributed by atoms with Gasteiger partial charge in [-0.25, -0.2) is 0 Å². The van der Waals surface area contributed by atoms with Gasteiger partial charge < -0.3 is 14.0 Å². The molecule has 1 saturated heterocycles. The van der Waals surface area contributed by atoms with Gasteiger partial charge in [0.05, 0.1) is 11.2 Å². The molecule has 3 aromatic carbocycles. The first-order valence-corrected chi connectivity index (χ1v) is 12.3. The third-order valence-electron chi connectivity index (χ3n) is 8.61. The predicted octanol–water partition coefficient (Wildman–Crippen LogP) is 3.86. The summed E-state index contributed by atoms with van der Waals surface area (Å²) in [5.41, 5.74) is 9.38. The molecule has 0 amide bonds. The van der Waals surface area contributed by atoms with Gasteiger partial charge in [-0.05, 0) is 86.8 Å². The number of hydrogen-bond acceptors (Lipinski definition) is 3. The quantitative estimate of drug-likeness (QED) is 0.413. The van der Waals surface area contributed by atoms with Gasteiger partial charge in [-0.15, -0.1) is 0 Å². The van der Waals surface area contributed by atoms with E-state index in [1.165, 1.54) is 38.6 Å². The van der Waals surface area contributed by atoms with Crippen molar-refractivity contribution in [1.29, 1.82) is 0 Å². The van der Waals surface area contributed by atoms with Crippen molar-refractivity contribution < 1.29 is 14.0 Å². The molecule has 3 aliphatic heterocycles. The van der Waals surface area contributed by atoms with Gasteiger partial charge in [0.2, 0.25) is 0 Å². The average molecular weight is 450 g/mol. The third-order valence-corrected chi connectivity index (χ3v) is 8.61. The van der Waals surface area contributed by atoms with Crippen molar-refractivity contribution in [3.05, 3.63) is 70.8 Å². The number of hydrogen-bond donors (Lipinski definition) is 0. The maximum atomic E-state index is 6.48. The maximum Gasteiger partial charge on any atom is 0.494 e. The molecular weight excluding hydrogens is 418 g/mol. The van der Waals surface area contributed by atoms with Crippen LogP contribution in [0.1, 0.15) is 63.8 Å². The SMILES string of the molecule is Cc1ccc2c(c1)B1c3cc(B4OC(C)(C)C(C)(C)O4)ccc3C(C)(C)c3c(C)ccc(c31)O2. The van der Waals surface area contributed by atoms with Crippen LogP contribution in [-0.2, 0) is 14.7 Å². The lowest BCUT2D eigenvalue weighted by Crippen LogP contribution is -2.63. The van der Waals surface area contributed by atoms with Gasteiger partial charge in [-0.3, -0.25) is 0 Å². The highest BCUT2D eigenvalue weighted by Gasteiger charge is 2.52. The molecule has 3 aliphatic rings.